The van der Waals surface area contributed by atoms with E-state index in [1.54, 1.807) is 11.0 Å². The molecule has 0 N–H and O–H groups in total. The SMILES string of the molecule is Cc1nn(-c2ccccc2)c(C)c1/C=N\n1cnnc1-c1ccccc1. The molecule has 0 fully saturated rings. The summed E-state index contributed by atoms with van der Waals surface area (Å²) >= 11 is 0. The van der Waals surface area contributed by atoms with Gasteiger partial charge in [0.1, 0.15) is 6.33 Å². The predicted molar refractivity (Wildman–Crippen MR) is 101 cm³/mol. The zero-order valence-corrected chi connectivity index (χ0v) is 14.6. The van der Waals surface area contributed by atoms with E-state index in [1.165, 1.54) is 0 Å². The molecule has 0 radical (unpaired) electrons. The fraction of sp³-hybridized carbons (Fsp3) is 0.100. The van der Waals surface area contributed by atoms with Crippen LogP contribution in [-0.2, 0) is 0 Å². The van der Waals surface area contributed by atoms with Crippen molar-refractivity contribution in [2.45, 2.75) is 13.8 Å². The van der Waals surface area contributed by atoms with Crippen LogP contribution >= 0.6 is 0 Å². The summed E-state index contributed by atoms with van der Waals surface area (Å²) in [5, 5.41) is 17.4. The second-order valence-corrected chi connectivity index (χ2v) is 5.94. The number of aromatic nitrogens is 5. The Morgan fingerprint density at radius 3 is 2.35 bits per heavy atom. The normalized spacial score (nSPS) is 11.3. The molecule has 4 aromatic rings. The zero-order chi connectivity index (χ0) is 17.9. The van der Waals surface area contributed by atoms with Crippen molar-refractivity contribution in [2.24, 2.45) is 5.10 Å². The summed E-state index contributed by atoms with van der Waals surface area (Å²) in [7, 11) is 0. The average molecular weight is 342 g/mol. The minimum atomic E-state index is 0.701. The lowest BCUT2D eigenvalue weighted by Gasteiger charge is -2.03. The molecule has 0 aliphatic carbocycles. The van der Waals surface area contributed by atoms with Crippen LogP contribution in [0, 0.1) is 13.8 Å². The van der Waals surface area contributed by atoms with Crippen LogP contribution in [0.4, 0.5) is 0 Å². The first kappa shape index (κ1) is 16.0. The molecule has 2 aromatic heterocycles. The molecule has 0 saturated carbocycles. The number of aryl methyl sites for hydroxylation is 1. The van der Waals surface area contributed by atoms with Crippen molar-refractivity contribution >= 4 is 6.21 Å². The maximum atomic E-state index is 4.65. The van der Waals surface area contributed by atoms with Gasteiger partial charge in [-0.1, -0.05) is 48.5 Å². The summed E-state index contributed by atoms with van der Waals surface area (Å²) in [4.78, 5) is 0. The average Bonchev–Trinajstić information content (AvgIpc) is 3.26. The molecule has 26 heavy (non-hydrogen) atoms. The molecule has 0 bridgehead atoms. The monoisotopic (exact) mass is 342 g/mol. The van der Waals surface area contributed by atoms with Crippen molar-refractivity contribution in [3.63, 3.8) is 0 Å². The molecule has 0 atom stereocenters. The van der Waals surface area contributed by atoms with Gasteiger partial charge in [-0.2, -0.15) is 14.9 Å². The first-order valence-corrected chi connectivity index (χ1v) is 8.35. The maximum Gasteiger partial charge on any atom is 0.184 e. The summed E-state index contributed by atoms with van der Waals surface area (Å²) in [5.41, 5.74) is 4.94. The highest BCUT2D eigenvalue weighted by molar-refractivity contribution is 5.83. The Labute approximate surface area is 151 Å². The largest absolute Gasteiger partial charge is 0.237 e. The number of nitrogens with zero attached hydrogens (tertiary/aromatic N) is 6. The second-order valence-electron chi connectivity index (χ2n) is 5.94. The topological polar surface area (TPSA) is 60.9 Å². The van der Waals surface area contributed by atoms with Gasteiger partial charge in [0.25, 0.3) is 0 Å². The van der Waals surface area contributed by atoms with Gasteiger partial charge >= 0.3 is 0 Å². The molecule has 128 valence electrons. The van der Waals surface area contributed by atoms with Gasteiger partial charge in [0.2, 0.25) is 0 Å². The van der Waals surface area contributed by atoms with Crippen molar-refractivity contribution in [1.82, 2.24) is 24.7 Å². The standard InChI is InChI=1S/C20H18N6/c1-15-19(16(2)26(24-15)18-11-7-4-8-12-18)13-22-25-14-21-23-20(25)17-9-5-3-6-10-17/h3-14H,1-2H3/b22-13-. The highest BCUT2D eigenvalue weighted by Crippen LogP contribution is 2.18. The van der Waals surface area contributed by atoms with Gasteiger partial charge in [-0.15, -0.1) is 10.2 Å². The van der Waals surface area contributed by atoms with E-state index >= 15 is 0 Å². The second kappa shape index (κ2) is 6.76. The van der Waals surface area contributed by atoms with Gasteiger partial charge in [0, 0.05) is 11.1 Å². The minimum Gasteiger partial charge on any atom is -0.237 e. The molecule has 0 unspecified atom stereocenters. The lowest BCUT2D eigenvalue weighted by Crippen LogP contribution is -1.99. The Morgan fingerprint density at radius 2 is 1.62 bits per heavy atom. The van der Waals surface area contributed by atoms with Gasteiger partial charge in [0.05, 0.1) is 23.3 Å². The van der Waals surface area contributed by atoms with Gasteiger partial charge in [-0.3, -0.25) is 0 Å². The molecule has 0 spiro atoms. The van der Waals surface area contributed by atoms with Gasteiger partial charge in [-0.05, 0) is 26.0 Å². The Morgan fingerprint density at radius 1 is 0.923 bits per heavy atom. The summed E-state index contributed by atoms with van der Waals surface area (Å²) in [5.74, 6) is 0.701. The van der Waals surface area contributed by atoms with Gasteiger partial charge in [-0.25, -0.2) is 4.68 Å². The predicted octanol–water partition coefficient (Wildman–Crippen LogP) is 3.63. The minimum absolute atomic E-state index is 0.701. The molecular weight excluding hydrogens is 324 g/mol. The van der Waals surface area contributed by atoms with Crippen molar-refractivity contribution in [3.05, 3.63) is 83.9 Å². The van der Waals surface area contributed by atoms with E-state index in [0.29, 0.717) is 5.82 Å². The quantitative estimate of drug-likeness (QED) is 0.532. The van der Waals surface area contributed by atoms with Crippen LogP contribution in [0.2, 0.25) is 0 Å². The van der Waals surface area contributed by atoms with Crippen molar-refractivity contribution in [2.75, 3.05) is 0 Å². The molecule has 4 rings (SSSR count). The Kier molecular flexibility index (Phi) is 4.15. The van der Waals surface area contributed by atoms with Gasteiger partial charge in [0.15, 0.2) is 5.82 Å². The Hall–Kier alpha value is -3.54. The maximum absolute atomic E-state index is 4.65. The van der Waals surface area contributed by atoms with E-state index in [9.17, 15) is 0 Å². The number of rotatable bonds is 4. The van der Waals surface area contributed by atoms with Crippen LogP contribution in [0.5, 0.6) is 0 Å². The van der Waals surface area contributed by atoms with Gasteiger partial charge < -0.3 is 0 Å². The smallest absolute Gasteiger partial charge is 0.184 e. The molecule has 2 aromatic carbocycles. The number of benzene rings is 2. The van der Waals surface area contributed by atoms with Crippen LogP contribution < -0.4 is 0 Å². The molecular formula is C20H18N6. The van der Waals surface area contributed by atoms with E-state index < -0.39 is 0 Å². The molecule has 0 amide bonds. The van der Waals surface area contributed by atoms with Crippen LogP contribution in [0.1, 0.15) is 17.0 Å². The van der Waals surface area contributed by atoms with Crippen LogP contribution in [0.15, 0.2) is 72.1 Å². The third-order valence-corrected chi connectivity index (χ3v) is 4.22. The molecule has 0 saturated heterocycles. The summed E-state index contributed by atoms with van der Waals surface area (Å²) < 4.78 is 3.61. The van der Waals surface area contributed by atoms with Crippen molar-refractivity contribution < 1.29 is 0 Å². The molecule has 2 heterocycles. The van der Waals surface area contributed by atoms with Crippen LogP contribution in [0.3, 0.4) is 0 Å². The first-order valence-electron chi connectivity index (χ1n) is 8.35. The van der Waals surface area contributed by atoms with E-state index in [4.69, 9.17) is 0 Å². The third-order valence-electron chi connectivity index (χ3n) is 4.22. The van der Waals surface area contributed by atoms with Crippen LogP contribution in [-0.4, -0.2) is 30.9 Å². The Balaban J connectivity index is 1.69. The molecule has 0 aliphatic rings. The summed E-state index contributed by atoms with van der Waals surface area (Å²) in [6.07, 6.45) is 3.41. The zero-order valence-electron chi connectivity index (χ0n) is 14.6. The summed E-state index contributed by atoms with van der Waals surface area (Å²) in [6.45, 7) is 4.02. The summed E-state index contributed by atoms with van der Waals surface area (Å²) in [6, 6.07) is 20.0. The number of para-hydroxylation sites is 1. The van der Waals surface area contributed by atoms with E-state index in [2.05, 4.69) is 20.4 Å². The number of hydrogen-bond acceptors (Lipinski definition) is 4. The van der Waals surface area contributed by atoms with Crippen LogP contribution in [0.25, 0.3) is 17.1 Å². The highest BCUT2D eigenvalue weighted by Gasteiger charge is 2.12. The fourth-order valence-electron chi connectivity index (χ4n) is 2.87. The third kappa shape index (κ3) is 2.93. The van der Waals surface area contributed by atoms with E-state index in [1.807, 2.05) is 85.4 Å². The number of hydrogen-bond donors (Lipinski definition) is 0. The fourth-order valence-corrected chi connectivity index (χ4v) is 2.87. The lowest BCUT2D eigenvalue weighted by atomic mass is 10.2. The van der Waals surface area contributed by atoms with Crippen molar-refractivity contribution in [1.29, 1.82) is 0 Å². The molecule has 6 heteroatoms. The van der Waals surface area contributed by atoms with E-state index in [0.717, 1.165) is 28.2 Å². The Bertz CT molecular complexity index is 1040. The highest BCUT2D eigenvalue weighted by atomic mass is 15.4. The van der Waals surface area contributed by atoms with Crippen molar-refractivity contribution in [3.8, 4) is 17.1 Å². The molecule has 6 nitrogen and oxygen atoms in total. The lowest BCUT2D eigenvalue weighted by molar-refractivity contribution is 0.833. The molecule has 0 aliphatic heterocycles. The van der Waals surface area contributed by atoms with E-state index in [-0.39, 0.29) is 0 Å². The first-order chi connectivity index (χ1) is 12.7.